The zero-order valence-corrected chi connectivity index (χ0v) is 17.7. The van der Waals surface area contributed by atoms with Gasteiger partial charge in [0.15, 0.2) is 11.5 Å². The third-order valence-corrected chi connectivity index (χ3v) is 6.68. The minimum absolute atomic E-state index is 0. The molecule has 1 aromatic rings. The van der Waals surface area contributed by atoms with Gasteiger partial charge in [-0.1, -0.05) is 12.5 Å². The fraction of sp³-hybridized carbons (Fsp3) is 0.619. The topological polar surface area (TPSA) is 88.1 Å². The van der Waals surface area contributed by atoms with Gasteiger partial charge in [-0.3, -0.25) is 14.5 Å². The fourth-order valence-electron chi connectivity index (χ4n) is 4.89. The number of benzene rings is 1. The molecule has 7 nitrogen and oxygen atoms in total. The minimum Gasteiger partial charge on any atom is -0.486 e. The van der Waals surface area contributed by atoms with Gasteiger partial charge in [0.2, 0.25) is 5.91 Å². The number of fused-ring (bicyclic) bond motifs is 2. The Kier molecular flexibility index (Phi) is 6.29. The highest BCUT2D eigenvalue weighted by Crippen LogP contribution is 2.49. The van der Waals surface area contributed by atoms with E-state index in [9.17, 15) is 14.7 Å². The smallest absolute Gasteiger partial charge is 0.311 e. The largest absolute Gasteiger partial charge is 0.486 e. The maximum Gasteiger partial charge on any atom is 0.311 e. The number of ether oxygens (including phenoxy) is 2. The molecular formula is C21H29ClN2O5. The normalized spacial score (nSPS) is 27.4. The van der Waals surface area contributed by atoms with Crippen LogP contribution in [0, 0.1) is 11.3 Å². The number of carboxylic acid groups (broad SMARTS) is 1. The molecule has 0 bridgehead atoms. The van der Waals surface area contributed by atoms with Gasteiger partial charge < -0.3 is 19.9 Å². The molecule has 8 heteroatoms. The van der Waals surface area contributed by atoms with E-state index in [2.05, 4.69) is 5.32 Å². The second kappa shape index (κ2) is 8.40. The van der Waals surface area contributed by atoms with Gasteiger partial charge in [0.1, 0.15) is 13.2 Å². The molecule has 1 saturated carbocycles. The summed E-state index contributed by atoms with van der Waals surface area (Å²) in [7, 11) is 0. The molecule has 2 aliphatic heterocycles. The molecule has 2 fully saturated rings. The third-order valence-electron chi connectivity index (χ3n) is 6.68. The summed E-state index contributed by atoms with van der Waals surface area (Å²) in [4.78, 5) is 26.7. The van der Waals surface area contributed by atoms with E-state index < -0.39 is 11.4 Å². The van der Waals surface area contributed by atoms with Crippen molar-refractivity contribution in [3.8, 4) is 11.5 Å². The zero-order valence-electron chi connectivity index (χ0n) is 16.8. The zero-order chi connectivity index (χ0) is 19.9. The molecule has 3 aliphatic rings. The van der Waals surface area contributed by atoms with Crippen molar-refractivity contribution in [2.75, 3.05) is 26.3 Å². The average molecular weight is 425 g/mol. The van der Waals surface area contributed by atoms with Gasteiger partial charge in [0.05, 0.1) is 17.5 Å². The maximum absolute atomic E-state index is 12.8. The highest BCUT2D eigenvalue weighted by molar-refractivity contribution is 5.85. The lowest BCUT2D eigenvalue weighted by Crippen LogP contribution is -2.46. The monoisotopic (exact) mass is 424 g/mol. The molecule has 2 unspecified atom stereocenters. The first-order valence-corrected chi connectivity index (χ1v) is 10.1. The van der Waals surface area contributed by atoms with Crippen molar-refractivity contribution in [1.82, 2.24) is 10.2 Å². The summed E-state index contributed by atoms with van der Waals surface area (Å²) in [6, 6.07) is 5.17. The maximum atomic E-state index is 12.8. The molecule has 0 spiro atoms. The van der Waals surface area contributed by atoms with Crippen LogP contribution in [0.2, 0.25) is 0 Å². The summed E-state index contributed by atoms with van der Waals surface area (Å²) in [5, 5.41) is 12.8. The summed E-state index contributed by atoms with van der Waals surface area (Å²) in [5.74, 6) is 0.784. The quantitative estimate of drug-likeness (QED) is 0.755. The van der Waals surface area contributed by atoms with Crippen LogP contribution < -0.4 is 14.8 Å². The Labute approximate surface area is 177 Å². The Balaban J connectivity index is 0.00000240. The van der Waals surface area contributed by atoms with Crippen molar-refractivity contribution >= 4 is 24.3 Å². The summed E-state index contributed by atoms with van der Waals surface area (Å²) < 4.78 is 11.2. The number of nitrogens with zero attached hydrogens (tertiary/aromatic N) is 1. The number of carboxylic acids is 1. The molecule has 1 aromatic carbocycles. The summed E-state index contributed by atoms with van der Waals surface area (Å²) in [6.45, 7) is 6.01. The van der Waals surface area contributed by atoms with Crippen LogP contribution in [0.5, 0.6) is 11.5 Å². The lowest BCUT2D eigenvalue weighted by molar-refractivity contribution is -0.149. The summed E-state index contributed by atoms with van der Waals surface area (Å²) in [5.41, 5.74) is 0.279. The first-order chi connectivity index (χ1) is 13.4. The van der Waals surface area contributed by atoms with Gasteiger partial charge in [-0.25, -0.2) is 0 Å². The predicted molar refractivity (Wildman–Crippen MR) is 110 cm³/mol. The molecule has 2 heterocycles. The molecular weight excluding hydrogens is 396 g/mol. The van der Waals surface area contributed by atoms with Crippen LogP contribution in [0.15, 0.2) is 18.2 Å². The predicted octanol–water partition coefficient (Wildman–Crippen LogP) is 2.63. The van der Waals surface area contributed by atoms with Gasteiger partial charge in [-0.05, 0) is 50.3 Å². The highest BCUT2D eigenvalue weighted by atomic mass is 35.5. The average Bonchev–Trinajstić information content (AvgIpc) is 3.25. The fourth-order valence-corrected chi connectivity index (χ4v) is 4.89. The van der Waals surface area contributed by atoms with E-state index >= 15 is 0 Å². The number of aliphatic carboxylic acids is 1. The van der Waals surface area contributed by atoms with Crippen LogP contribution in [0.1, 0.15) is 44.7 Å². The highest BCUT2D eigenvalue weighted by Gasteiger charge is 2.55. The van der Waals surface area contributed by atoms with Gasteiger partial charge >= 0.3 is 5.97 Å². The van der Waals surface area contributed by atoms with Crippen molar-refractivity contribution in [2.45, 2.75) is 45.2 Å². The molecule has 1 aliphatic carbocycles. The molecule has 1 amide bonds. The van der Waals surface area contributed by atoms with Crippen molar-refractivity contribution in [3.63, 3.8) is 0 Å². The number of rotatable bonds is 5. The van der Waals surface area contributed by atoms with E-state index in [-0.39, 0.29) is 36.3 Å². The Hall–Kier alpha value is -1.99. The molecule has 160 valence electrons. The number of hydrogen-bond acceptors (Lipinski definition) is 5. The standard InChI is InChI=1S/C21H28N2O5.ClH/c1-13(15-5-6-17-18(10-15)28-9-8-27-17)22-19(24)14(2)23-11-16-4-3-7-21(16,12-23)20(25)26;/h5-6,10,13-14,16H,3-4,7-9,11-12H2,1-2H3,(H,22,24)(H,25,26);1H/t13?,14?,16-,21+;/m0./s1. The molecule has 29 heavy (non-hydrogen) atoms. The van der Waals surface area contributed by atoms with Crippen LogP contribution in [0.25, 0.3) is 0 Å². The third kappa shape index (κ3) is 3.90. The molecule has 4 atom stereocenters. The lowest BCUT2D eigenvalue weighted by Gasteiger charge is -2.28. The van der Waals surface area contributed by atoms with Crippen molar-refractivity contribution < 1.29 is 24.2 Å². The molecule has 1 saturated heterocycles. The minimum atomic E-state index is -0.713. The summed E-state index contributed by atoms with van der Waals surface area (Å²) in [6.07, 6.45) is 2.61. The van der Waals surface area contributed by atoms with Crippen molar-refractivity contribution in [3.05, 3.63) is 23.8 Å². The Morgan fingerprint density at radius 3 is 2.66 bits per heavy atom. The number of nitrogens with one attached hydrogen (secondary N) is 1. The first kappa shape index (κ1) is 21.7. The van der Waals surface area contributed by atoms with Gasteiger partial charge in [-0.15, -0.1) is 12.4 Å². The molecule has 0 radical (unpaired) electrons. The van der Waals surface area contributed by atoms with E-state index in [0.717, 1.165) is 24.2 Å². The first-order valence-electron chi connectivity index (χ1n) is 10.1. The van der Waals surface area contributed by atoms with Crippen LogP contribution in [0.3, 0.4) is 0 Å². The van der Waals surface area contributed by atoms with Crippen molar-refractivity contribution in [1.29, 1.82) is 0 Å². The van der Waals surface area contributed by atoms with Gasteiger partial charge in [0, 0.05) is 13.1 Å². The van der Waals surface area contributed by atoms with E-state index in [1.165, 1.54) is 0 Å². The number of carbonyl (C=O) groups excluding carboxylic acids is 1. The van der Waals surface area contributed by atoms with Gasteiger partial charge in [0.25, 0.3) is 0 Å². The van der Waals surface area contributed by atoms with E-state index in [1.54, 1.807) is 0 Å². The van der Waals surface area contributed by atoms with Crippen LogP contribution >= 0.6 is 12.4 Å². The van der Waals surface area contributed by atoms with Crippen LogP contribution in [-0.2, 0) is 9.59 Å². The van der Waals surface area contributed by atoms with Gasteiger partial charge in [-0.2, -0.15) is 0 Å². The molecule has 2 N–H and O–H groups in total. The van der Waals surface area contributed by atoms with Crippen molar-refractivity contribution in [2.24, 2.45) is 11.3 Å². The van der Waals surface area contributed by atoms with Crippen LogP contribution in [-0.4, -0.2) is 54.2 Å². The van der Waals surface area contributed by atoms with E-state index in [1.807, 2.05) is 36.9 Å². The molecule has 4 rings (SSSR count). The van der Waals surface area contributed by atoms with E-state index in [0.29, 0.717) is 38.5 Å². The second-order valence-electron chi connectivity index (χ2n) is 8.29. The Bertz CT molecular complexity index is 788. The molecule has 0 aromatic heterocycles. The summed E-state index contributed by atoms with van der Waals surface area (Å²) >= 11 is 0. The number of hydrogen-bond donors (Lipinski definition) is 2. The lowest BCUT2D eigenvalue weighted by atomic mass is 9.81. The number of carbonyl (C=O) groups is 2. The number of likely N-dealkylation sites (tertiary alicyclic amines) is 1. The SMILES string of the molecule is CC(NC(=O)C(C)N1C[C@@H]2CCC[C@@]2(C(=O)O)C1)c1ccc2c(c1)OCCO2.Cl. The Morgan fingerprint density at radius 1 is 1.24 bits per heavy atom. The van der Waals surface area contributed by atoms with E-state index in [4.69, 9.17) is 9.47 Å². The van der Waals surface area contributed by atoms with Crippen LogP contribution in [0.4, 0.5) is 0 Å². The Morgan fingerprint density at radius 2 is 1.97 bits per heavy atom. The second-order valence-corrected chi connectivity index (χ2v) is 8.29. The number of halogens is 1. The number of amides is 1.